The number of pyridine rings is 1. The van der Waals surface area contributed by atoms with Crippen molar-refractivity contribution in [2.75, 3.05) is 26.2 Å². The van der Waals surface area contributed by atoms with Crippen molar-refractivity contribution in [2.24, 2.45) is 0 Å². The molecule has 3 amide bonds. The maximum absolute atomic E-state index is 12.3. The second-order valence-electron chi connectivity index (χ2n) is 5.95. The van der Waals surface area contributed by atoms with Crippen molar-refractivity contribution in [3.8, 4) is 0 Å². The Kier molecular flexibility index (Phi) is 4.56. The standard InChI is InChI=1S/C16H22N4O2/c21-15(13-4-3-7-17-12-13)19-8-10-20(11-9-19)16(22)18-14-5-1-2-6-14/h3-4,7,12,14H,1-2,5-6,8-11H2,(H,18,22). The van der Waals surface area contributed by atoms with Crippen molar-refractivity contribution in [1.29, 1.82) is 0 Å². The van der Waals surface area contributed by atoms with Crippen LogP contribution in [0.4, 0.5) is 4.79 Å². The zero-order chi connectivity index (χ0) is 15.4. The molecule has 2 fully saturated rings. The summed E-state index contributed by atoms with van der Waals surface area (Å²) in [5.74, 6) is -0.0102. The van der Waals surface area contributed by atoms with Crippen molar-refractivity contribution in [3.63, 3.8) is 0 Å². The molecule has 1 aromatic heterocycles. The molecule has 1 aromatic rings. The SMILES string of the molecule is O=C(NC1CCCC1)N1CCN(C(=O)c2cccnc2)CC1. The summed E-state index contributed by atoms with van der Waals surface area (Å²) in [6, 6.07) is 3.88. The third-order valence-electron chi connectivity index (χ3n) is 4.45. The van der Waals surface area contributed by atoms with Gasteiger partial charge in [-0.15, -0.1) is 0 Å². The van der Waals surface area contributed by atoms with Gasteiger partial charge in [0.2, 0.25) is 0 Å². The highest BCUT2D eigenvalue weighted by Gasteiger charge is 2.26. The molecule has 6 nitrogen and oxygen atoms in total. The zero-order valence-electron chi connectivity index (χ0n) is 12.7. The van der Waals surface area contributed by atoms with E-state index in [2.05, 4.69) is 10.3 Å². The fourth-order valence-electron chi connectivity index (χ4n) is 3.12. The highest BCUT2D eigenvalue weighted by Crippen LogP contribution is 2.18. The minimum Gasteiger partial charge on any atom is -0.335 e. The van der Waals surface area contributed by atoms with E-state index in [-0.39, 0.29) is 11.9 Å². The molecule has 3 rings (SSSR count). The topological polar surface area (TPSA) is 65.5 Å². The van der Waals surface area contributed by atoms with Crippen molar-refractivity contribution in [3.05, 3.63) is 30.1 Å². The van der Waals surface area contributed by atoms with Gasteiger partial charge in [-0.25, -0.2) is 4.79 Å². The van der Waals surface area contributed by atoms with Gasteiger partial charge in [0.15, 0.2) is 0 Å². The number of amides is 3. The number of nitrogens with zero attached hydrogens (tertiary/aromatic N) is 3. The predicted molar refractivity (Wildman–Crippen MR) is 82.5 cm³/mol. The first kappa shape index (κ1) is 14.8. The number of carbonyl (C=O) groups is 2. The van der Waals surface area contributed by atoms with Gasteiger partial charge in [-0.3, -0.25) is 9.78 Å². The minimum atomic E-state index is -0.0102. The molecule has 0 aromatic carbocycles. The highest BCUT2D eigenvalue weighted by molar-refractivity contribution is 5.94. The third-order valence-corrected chi connectivity index (χ3v) is 4.45. The van der Waals surface area contributed by atoms with E-state index in [1.54, 1.807) is 29.4 Å². The lowest BCUT2D eigenvalue weighted by Gasteiger charge is -2.35. The molecule has 0 radical (unpaired) electrons. The summed E-state index contributed by atoms with van der Waals surface area (Å²) in [6.45, 7) is 2.33. The van der Waals surface area contributed by atoms with Crippen LogP contribution < -0.4 is 5.32 Å². The van der Waals surface area contributed by atoms with Gasteiger partial charge < -0.3 is 15.1 Å². The number of piperazine rings is 1. The number of nitrogens with one attached hydrogen (secondary N) is 1. The first-order valence-corrected chi connectivity index (χ1v) is 7.99. The Balaban J connectivity index is 1.49. The van der Waals surface area contributed by atoms with Crippen LogP contribution in [0.3, 0.4) is 0 Å². The fourth-order valence-corrected chi connectivity index (χ4v) is 3.12. The van der Waals surface area contributed by atoms with E-state index >= 15 is 0 Å². The van der Waals surface area contributed by atoms with Crippen LogP contribution in [0.15, 0.2) is 24.5 Å². The van der Waals surface area contributed by atoms with Gasteiger partial charge in [-0.1, -0.05) is 12.8 Å². The number of hydrogen-bond acceptors (Lipinski definition) is 3. The molecule has 0 unspecified atom stereocenters. The van der Waals surface area contributed by atoms with E-state index in [0.717, 1.165) is 12.8 Å². The van der Waals surface area contributed by atoms with E-state index in [4.69, 9.17) is 0 Å². The normalized spacial score (nSPS) is 19.3. The molecular formula is C16H22N4O2. The lowest BCUT2D eigenvalue weighted by molar-refractivity contribution is 0.0663. The Labute approximate surface area is 130 Å². The summed E-state index contributed by atoms with van der Waals surface area (Å²) in [6.07, 6.45) is 7.83. The van der Waals surface area contributed by atoms with Gasteiger partial charge in [0.25, 0.3) is 5.91 Å². The van der Waals surface area contributed by atoms with Crippen molar-refractivity contribution in [2.45, 2.75) is 31.7 Å². The van der Waals surface area contributed by atoms with Crippen LogP contribution in [0.5, 0.6) is 0 Å². The Morgan fingerprint density at radius 3 is 2.41 bits per heavy atom. The number of aromatic nitrogens is 1. The minimum absolute atomic E-state index is 0.0102. The molecule has 0 atom stereocenters. The first-order valence-electron chi connectivity index (χ1n) is 7.99. The predicted octanol–water partition coefficient (Wildman–Crippen LogP) is 1.49. The molecule has 0 spiro atoms. The fraction of sp³-hybridized carbons (Fsp3) is 0.562. The number of carbonyl (C=O) groups excluding carboxylic acids is 2. The van der Waals surface area contributed by atoms with E-state index in [0.29, 0.717) is 37.8 Å². The van der Waals surface area contributed by atoms with Crippen LogP contribution in [-0.4, -0.2) is 58.9 Å². The van der Waals surface area contributed by atoms with Gasteiger partial charge in [0.1, 0.15) is 0 Å². The molecule has 2 heterocycles. The molecule has 6 heteroatoms. The Morgan fingerprint density at radius 1 is 1.09 bits per heavy atom. The monoisotopic (exact) mass is 302 g/mol. The molecule has 1 N–H and O–H groups in total. The molecule has 1 saturated carbocycles. The second-order valence-corrected chi connectivity index (χ2v) is 5.95. The zero-order valence-corrected chi connectivity index (χ0v) is 12.7. The number of urea groups is 1. The van der Waals surface area contributed by atoms with Gasteiger partial charge in [0, 0.05) is 44.6 Å². The average molecular weight is 302 g/mol. The summed E-state index contributed by atoms with van der Waals surface area (Å²) >= 11 is 0. The maximum Gasteiger partial charge on any atom is 0.317 e. The van der Waals surface area contributed by atoms with Crippen LogP contribution in [0.2, 0.25) is 0 Å². The van der Waals surface area contributed by atoms with Crippen LogP contribution in [0.1, 0.15) is 36.0 Å². The third kappa shape index (κ3) is 3.37. The van der Waals surface area contributed by atoms with Crippen molar-refractivity contribution < 1.29 is 9.59 Å². The summed E-state index contributed by atoms with van der Waals surface area (Å²) in [5.41, 5.74) is 0.603. The summed E-state index contributed by atoms with van der Waals surface area (Å²) in [4.78, 5) is 32.1. The molecule has 1 aliphatic heterocycles. The maximum atomic E-state index is 12.3. The molecular weight excluding hydrogens is 280 g/mol. The Bertz CT molecular complexity index is 520. The van der Waals surface area contributed by atoms with Crippen LogP contribution in [0, 0.1) is 0 Å². The lowest BCUT2D eigenvalue weighted by atomic mass is 10.2. The Morgan fingerprint density at radius 2 is 1.77 bits per heavy atom. The quantitative estimate of drug-likeness (QED) is 0.900. The highest BCUT2D eigenvalue weighted by atomic mass is 16.2. The van der Waals surface area contributed by atoms with Crippen LogP contribution in [0.25, 0.3) is 0 Å². The molecule has 22 heavy (non-hydrogen) atoms. The smallest absolute Gasteiger partial charge is 0.317 e. The van der Waals surface area contributed by atoms with Gasteiger partial charge in [0.05, 0.1) is 5.56 Å². The number of hydrogen-bond donors (Lipinski definition) is 1. The average Bonchev–Trinajstić information content (AvgIpc) is 3.08. The second kappa shape index (κ2) is 6.77. The summed E-state index contributed by atoms with van der Waals surface area (Å²) in [5, 5.41) is 3.10. The van der Waals surface area contributed by atoms with Gasteiger partial charge in [-0.2, -0.15) is 0 Å². The van der Waals surface area contributed by atoms with E-state index in [1.165, 1.54) is 12.8 Å². The molecule has 1 saturated heterocycles. The first-order chi connectivity index (χ1) is 10.7. The van der Waals surface area contributed by atoms with Crippen molar-refractivity contribution in [1.82, 2.24) is 20.1 Å². The van der Waals surface area contributed by atoms with Crippen LogP contribution >= 0.6 is 0 Å². The van der Waals surface area contributed by atoms with Crippen LogP contribution in [-0.2, 0) is 0 Å². The lowest BCUT2D eigenvalue weighted by Crippen LogP contribution is -2.54. The molecule has 2 aliphatic rings. The molecule has 0 bridgehead atoms. The Hall–Kier alpha value is -2.11. The largest absolute Gasteiger partial charge is 0.335 e. The molecule has 118 valence electrons. The summed E-state index contributed by atoms with van der Waals surface area (Å²) in [7, 11) is 0. The number of rotatable bonds is 2. The van der Waals surface area contributed by atoms with Crippen molar-refractivity contribution >= 4 is 11.9 Å². The van der Waals surface area contributed by atoms with E-state index in [9.17, 15) is 9.59 Å². The van der Waals surface area contributed by atoms with E-state index < -0.39 is 0 Å². The summed E-state index contributed by atoms with van der Waals surface area (Å²) < 4.78 is 0. The molecule has 1 aliphatic carbocycles. The van der Waals surface area contributed by atoms with Gasteiger partial charge in [-0.05, 0) is 25.0 Å². The van der Waals surface area contributed by atoms with Gasteiger partial charge >= 0.3 is 6.03 Å². The van der Waals surface area contributed by atoms with E-state index in [1.807, 2.05) is 4.90 Å².